The largest absolute Gasteiger partial charge is 0.478 e. The molecule has 1 heterocycles. The highest BCUT2D eigenvalue weighted by Gasteiger charge is 2.25. The summed E-state index contributed by atoms with van der Waals surface area (Å²) in [5, 5.41) is 18.6. The summed E-state index contributed by atoms with van der Waals surface area (Å²) in [6, 6.07) is 0. The van der Waals surface area contributed by atoms with Crippen LogP contribution in [-0.2, 0) is 4.79 Å². The Labute approximate surface area is 90.2 Å². The second-order valence-electron chi connectivity index (χ2n) is 4.54. The lowest BCUT2D eigenvalue weighted by molar-refractivity contribution is -0.132. The minimum Gasteiger partial charge on any atom is -0.478 e. The zero-order chi connectivity index (χ0) is 11.5. The molecule has 1 rings (SSSR count). The van der Waals surface area contributed by atoms with Gasteiger partial charge in [0.05, 0.1) is 5.60 Å². The quantitative estimate of drug-likeness (QED) is 0.683. The lowest BCUT2D eigenvalue weighted by atomic mass is 9.98. The average Bonchev–Trinajstić information content (AvgIpc) is 2.28. The number of likely N-dealkylation sites (tertiary alicyclic amines) is 1. The summed E-state index contributed by atoms with van der Waals surface area (Å²) in [4.78, 5) is 12.7. The van der Waals surface area contributed by atoms with Crippen molar-refractivity contribution in [2.45, 2.75) is 31.8 Å². The molecule has 0 bridgehead atoms. The van der Waals surface area contributed by atoms with Crippen LogP contribution < -0.4 is 0 Å². The fraction of sp³-hybridized carbons (Fsp3) is 0.727. The predicted molar refractivity (Wildman–Crippen MR) is 57.7 cm³/mol. The molecule has 1 unspecified atom stereocenters. The highest BCUT2D eigenvalue weighted by atomic mass is 16.4. The van der Waals surface area contributed by atoms with E-state index >= 15 is 0 Å². The summed E-state index contributed by atoms with van der Waals surface area (Å²) in [5.41, 5.74) is -0.379. The van der Waals surface area contributed by atoms with Crippen molar-refractivity contribution < 1.29 is 15.0 Å². The molecule has 0 radical (unpaired) electrons. The van der Waals surface area contributed by atoms with Crippen LogP contribution in [0.25, 0.3) is 0 Å². The molecule has 0 spiro atoms. The standard InChI is InChI=1S/C11H19NO3/c1-9(10(13)14)8-12-6-3-4-11(2,15)5-7-12/h15H,1,3-8H2,2H3,(H,13,14). The van der Waals surface area contributed by atoms with Gasteiger partial charge in [-0.05, 0) is 32.7 Å². The first-order valence-corrected chi connectivity index (χ1v) is 5.26. The van der Waals surface area contributed by atoms with Crippen LogP contribution in [0.2, 0.25) is 0 Å². The maximum Gasteiger partial charge on any atom is 0.332 e. The van der Waals surface area contributed by atoms with Crippen molar-refractivity contribution in [3.8, 4) is 0 Å². The fourth-order valence-electron chi connectivity index (χ4n) is 1.81. The Balaban J connectivity index is 2.45. The number of rotatable bonds is 3. The number of carboxylic acid groups (broad SMARTS) is 1. The summed E-state index contributed by atoms with van der Waals surface area (Å²) in [6.07, 6.45) is 2.38. The third kappa shape index (κ3) is 4.01. The van der Waals surface area contributed by atoms with E-state index in [4.69, 9.17) is 5.11 Å². The van der Waals surface area contributed by atoms with Gasteiger partial charge < -0.3 is 10.2 Å². The van der Waals surface area contributed by atoms with Gasteiger partial charge in [0, 0.05) is 18.7 Å². The van der Waals surface area contributed by atoms with E-state index in [0.29, 0.717) is 13.0 Å². The van der Waals surface area contributed by atoms with Crippen LogP contribution in [0.4, 0.5) is 0 Å². The molecule has 1 saturated heterocycles. The third-order valence-electron chi connectivity index (χ3n) is 2.87. The lowest BCUT2D eigenvalue weighted by Gasteiger charge is -2.22. The molecular formula is C11H19NO3. The fourth-order valence-corrected chi connectivity index (χ4v) is 1.81. The average molecular weight is 213 g/mol. The molecule has 1 aliphatic rings. The number of nitrogens with zero attached hydrogens (tertiary/aromatic N) is 1. The first-order chi connectivity index (χ1) is 6.91. The van der Waals surface area contributed by atoms with E-state index in [9.17, 15) is 9.90 Å². The molecule has 0 aromatic heterocycles. The van der Waals surface area contributed by atoms with E-state index in [1.807, 2.05) is 11.8 Å². The van der Waals surface area contributed by atoms with Gasteiger partial charge in [-0.15, -0.1) is 0 Å². The molecule has 1 fully saturated rings. The molecular weight excluding hydrogens is 194 g/mol. The molecule has 4 nitrogen and oxygen atoms in total. The zero-order valence-electron chi connectivity index (χ0n) is 9.20. The normalized spacial score (nSPS) is 28.4. The zero-order valence-corrected chi connectivity index (χ0v) is 9.20. The Morgan fingerprint density at radius 1 is 1.47 bits per heavy atom. The lowest BCUT2D eigenvalue weighted by Crippen LogP contribution is -2.30. The molecule has 0 aliphatic carbocycles. The molecule has 0 aromatic carbocycles. The second-order valence-corrected chi connectivity index (χ2v) is 4.54. The maximum atomic E-state index is 10.6. The molecule has 4 heteroatoms. The van der Waals surface area contributed by atoms with Gasteiger partial charge in [-0.25, -0.2) is 4.79 Å². The summed E-state index contributed by atoms with van der Waals surface area (Å²) in [6.45, 7) is 7.31. The van der Waals surface area contributed by atoms with Crippen LogP contribution in [0.15, 0.2) is 12.2 Å². The van der Waals surface area contributed by atoms with Crippen LogP contribution in [0.5, 0.6) is 0 Å². The van der Waals surface area contributed by atoms with Crippen molar-refractivity contribution in [3.63, 3.8) is 0 Å². The Hall–Kier alpha value is -0.870. The minimum absolute atomic E-state index is 0.219. The Kier molecular flexibility index (Phi) is 3.88. The number of aliphatic carboxylic acids is 1. The molecule has 0 amide bonds. The van der Waals surface area contributed by atoms with Gasteiger partial charge in [-0.3, -0.25) is 4.90 Å². The van der Waals surface area contributed by atoms with Gasteiger partial charge >= 0.3 is 5.97 Å². The topological polar surface area (TPSA) is 60.8 Å². The van der Waals surface area contributed by atoms with Crippen LogP contribution in [0.1, 0.15) is 26.2 Å². The van der Waals surface area contributed by atoms with Gasteiger partial charge in [0.1, 0.15) is 0 Å². The van der Waals surface area contributed by atoms with Crippen LogP contribution in [-0.4, -0.2) is 46.3 Å². The first kappa shape index (κ1) is 12.2. The van der Waals surface area contributed by atoms with E-state index in [0.717, 1.165) is 25.9 Å². The third-order valence-corrected chi connectivity index (χ3v) is 2.87. The summed E-state index contributed by atoms with van der Waals surface area (Å²) < 4.78 is 0. The monoisotopic (exact) mass is 213 g/mol. The highest BCUT2D eigenvalue weighted by Crippen LogP contribution is 2.21. The van der Waals surface area contributed by atoms with Crippen LogP contribution in [0.3, 0.4) is 0 Å². The van der Waals surface area contributed by atoms with E-state index in [-0.39, 0.29) is 5.57 Å². The van der Waals surface area contributed by atoms with Crippen molar-refractivity contribution in [1.29, 1.82) is 0 Å². The van der Waals surface area contributed by atoms with Gasteiger partial charge in [0.25, 0.3) is 0 Å². The van der Waals surface area contributed by atoms with E-state index < -0.39 is 11.6 Å². The van der Waals surface area contributed by atoms with Gasteiger partial charge in [-0.2, -0.15) is 0 Å². The number of carbonyl (C=O) groups is 1. The molecule has 15 heavy (non-hydrogen) atoms. The molecule has 2 N–H and O–H groups in total. The number of hydrogen-bond donors (Lipinski definition) is 2. The Morgan fingerprint density at radius 3 is 2.73 bits per heavy atom. The summed E-state index contributed by atoms with van der Waals surface area (Å²) in [7, 11) is 0. The first-order valence-electron chi connectivity index (χ1n) is 5.26. The Bertz CT molecular complexity index is 261. The summed E-state index contributed by atoms with van der Waals surface area (Å²) >= 11 is 0. The molecule has 86 valence electrons. The van der Waals surface area contributed by atoms with E-state index in [1.54, 1.807) is 0 Å². The van der Waals surface area contributed by atoms with Crippen molar-refractivity contribution in [2.24, 2.45) is 0 Å². The van der Waals surface area contributed by atoms with Gasteiger partial charge in [0.15, 0.2) is 0 Å². The molecule has 1 atom stereocenters. The van der Waals surface area contributed by atoms with E-state index in [1.165, 1.54) is 0 Å². The molecule has 0 saturated carbocycles. The smallest absolute Gasteiger partial charge is 0.332 e. The number of hydrogen-bond acceptors (Lipinski definition) is 3. The number of aliphatic hydroxyl groups is 1. The molecule has 0 aromatic rings. The Morgan fingerprint density at radius 2 is 2.13 bits per heavy atom. The van der Waals surface area contributed by atoms with Crippen molar-refractivity contribution >= 4 is 5.97 Å². The second kappa shape index (κ2) is 4.77. The minimum atomic E-state index is -0.939. The predicted octanol–water partition coefficient (Wildman–Crippen LogP) is 0.864. The van der Waals surface area contributed by atoms with Crippen LogP contribution in [0, 0.1) is 0 Å². The highest BCUT2D eigenvalue weighted by molar-refractivity contribution is 5.86. The van der Waals surface area contributed by atoms with Crippen molar-refractivity contribution in [2.75, 3.05) is 19.6 Å². The SMILES string of the molecule is C=C(CN1CCCC(C)(O)CC1)C(=O)O. The van der Waals surface area contributed by atoms with Gasteiger partial charge in [-0.1, -0.05) is 6.58 Å². The van der Waals surface area contributed by atoms with Gasteiger partial charge in [0.2, 0.25) is 0 Å². The number of carboxylic acids is 1. The van der Waals surface area contributed by atoms with Crippen molar-refractivity contribution in [3.05, 3.63) is 12.2 Å². The van der Waals surface area contributed by atoms with Crippen LogP contribution >= 0.6 is 0 Å². The molecule has 1 aliphatic heterocycles. The maximum absolute atomic E-state index is 10.6. The van der Waals surface area contributed by atoms with Crippen molar-refractivity contribution in [1.82, 2.24) is 4.90 Å². The van der Waals surface area contributed by atoms with E-state index in [2.05, 4.69) is 6.58 Å². The summed E-state index contributed by atoms with van der Waals surface area (Å²) in [5.74, 6) is -0.939.